The van der Waals surface area contributed by atoms with E-state index in [1.165, 1.54) is 4.90 Å². The highest BCUT2D eigenvalue weighted by Gasteiger charge is 1.97. The van der Waals surface area contributed by atoms with Crippen molar-refractivity contribution in [2.24, 2.45) is 0 Å². The van der Waals surface area contributed by atoms with Gasteiger partial charge >= 0.3 is 0 Å². The summed E-state index contributed by atoms with van der Waals surface area (Å²) in [6.07, 6.45) is 0. The standard InChI is InChI=1S/C13H21N3OS/c1-16(2)10-8-14-13(18)15-9-11-17-12-6-4-3-5-7-12/h3-7H,8-11H2,1-2H3,(H2,14,15,18)/p+1. The van der Waals surface area contributed by atoms with Gasteiger partial charge in [0, 0.05) is 0 Å². The summed E-state index contributed by atoms with van der Waals surface area (Å²) >= 11 is 5.15. The maximum atomic E-state index is 5.55. The van der Waals surface area contributed by atoms with Crippen LogP contribution in [0.4, 0.5) is 0 Å². The molecule has 0 aliphatic rings. The Labute approximate surface area is 114 Å². The van der Waals surface area contributed by atoms with Crippen molar-refractivity contribution in [1.82, 2.24) is 10.6 Å². The lowest BCUT2D eigenvalue weighted by Gasteiger charge is -2.12. The first-order chi connectivity index (χ1) is 8.68. The van der Waals surface area contributed by atoms with Crippen LogP contribution in [0.15, 0.2) is 30.3 Å². The van der Waals surface area contributed by atoms with Crippen molar-refractivity contribution in [3.63, 3.8) is 0 Å². The van der Waals surface area contributed by atoms with Crippen LogP contribution in [0.3, 0.4) is 0 Å². The van der Waals surface area contributed by atoms with E-state index in [0.29, 0.717) is 18.3 Å². The van der Waals surface area contributed by atoms with Gasteiger partial charge in [0.1, 0.15) is 12.4 Å². The molecule has 0 radical (unpaired) electrons. The predicted octanol–water partition coefficient (Wildman–Crippen LogP) is -0.326. The Bertz CT molecular complexity index is 343. The first-order valence-corrected chi connectivity index (χ1v) is 6.58. The SMILES string of the molecule is C[NH+](C)CCNC(=S)NCCOc1ccccc1. The smallest absolute Gasteiger partial charge is 0.166 e. The molecule has 0 aliphatic carbocycles. The second-order valence-corrected chi connectivity index (χ2v) is 4.71. The monoisotopic (exact) mass is 268 g/mol. The van der Waals surface area contributed by atoms with Crippen molar-refractivity contribution in [1.29, 1.82) is 0 Å². The van der Waals surface area contributed by atoms with Crippen molar-refractivity contribution in [3.05, 3.63) is 30.3 Å². The molecule has 1 aromatic rings. The Morgan fingerprint density at radius 2 is 1.83 bits per heavy atom. The van der Waals surface area contributed by atoms with E-state index in [4.69, 9.17) is 17.0 Å². The molecule has 0 aromatic heterocycles. The van der Waals surface area contributed by atoms with Gasteiger partial charge in [-0.1, -0.05) is 18.2 Å². The lowest BCUT2D eigenvalue weighted by Crippen LogP contribution is -3.06. The van der Waals surface area contributed by atoms with Gasteiger partial charge in [-0.05, 0) is 24.4 Å². The number of hydrogen-bond donors (Lipinski definition) is 3. The van der Waals surface area contributed by atoms with Crippen molar-refractivity contribution in [2.45, 2.75) is 0 Å². The number of rotatable bonds is 7. The molecule has 1 aromatic carbocycles. The lowest BCUT2D eigenvalue weighted by atomic mass is 10.3. The first kappa shape index (κ1) is 14.7. The Hall–Kier alpha value is -1.33. The van der Waals surface area contributed by atoms with Crippen LogP contribution in [-0.4, -0.2) is 45.4 Å². The van der Waals surface area contributed by atoms with Crippen molar-refractivity contribution in [2.75, 3.05) is 40.3 Å². The third kappa shape index (κ3) is 7.09. The molecular weight excluding hydrogens is 246 g/mol. The van der Waals surface area contributed by atoms with Gasteiger partial charge in [0.25, 0.3) is 0 Å². The molecule has 1 rings (SSSR count). The third-order valence-electron chi connectivity index (χ3n) is 2.31. The molecule has 18 heavy (non-hydrogen) atoms. The van der Waals surface area contributed by atoms with Gasteiger partial charge in [-0.25, -0.2) is 0 Å². The number of para-hydroxylation sites is 1. The zero-order valence-electron chi connectivity index (χ0n) is 11.0. The molecule has 0 spiro atoms. The average Bonchev–Trinajstić information content (AvgIpc) is 2.35. The summed E-state index contributed by atoms with van der Waals surface area (Å²) in [4.78, 5) is 1.40. The summed E-state index contributed by atoms with van der Waals surface area (Å²) in [5.74, 6) is 0.884. The number of quaternary nitrogens is 1. The predicted molar refractivity (Wildman–Crippen MR) is 78.2 cm³/mol. The van der Waals surface area contributed by atoms with Gasteiger partial charge in [0.2, 0.25) is 0 Å². The lowest BCUT2D eigenvalue weighted by molar-refractivity contribution is -0.856. The van der Waals surface area contributed by atoms with Crippen LogP contribution < -0.4 is 20.3 Å². The summed E-state index contributed by atoms with van der Waals surface area (Å²) in [6, 6.07) is 9.76. The number of likely N-dealkylation sites (N-methyl/N-ethyl adjacent to an activating group) is 1. The van der Waals surface area contributed by atoms with Gasteiger partial charge in [-0.3, -0.25) is 0 Å². The Morgan fingerprint density at radius 1 is 1.17 bits per heavy atom. The molecular formula is C13H22N3OS+. The second kappa shape index (κ2) is 8.72. The molecule has 3 N–H and O–H groups in total. The van der Waals surface area contributed by atoms with Crippen LogP contribution in [-0.2, 0) is 0 Å². The number of hydrogen-bond acceptors (Lipinski definition) is 2. The van der Waals surface area contributed by atoms with Crippen LogP contribution in [0, 0.1) is 0 Å². The van der Waals surface area contributed by atoms with Gasteiger partial charge in [0.15, 0.2) is 5.11 Å². The number of thiocarbonyl (C=S) groups is 1. The van der Waals surface area contributed by atoms with Gasteiger partial charge in [0.05, 0.1) is 33.7 Å². The van der Waals surface area contributed by atoms with Crippen LogP contribution >= 0.6 is 12.2 Å². The summed E-state index contributed by atoms with van der Waals surface area (Å²) in [7, 11) is 4.23. The minimum Gasteiger partial charge on any atom is -0.492 e. The van der Waals surface area contributed by atoms with Crippen LogP contribution in [0.25, 0.3) is 0 Å². The van der Waals surface area contributed by atoms with E-state index in [1.807, 2.05) is 30.3 Å². The van der Waals surface area contributed by atoms with E-state index in [1.54, 1.807) is 0 Å². The Morgan fingerprint density at radius 3 is 2.50 bits per heavy atom. The highest BCUT2D eigenvalue weighted by Crippen LogP contribution is 2.07. The number of ether oxygens (including phenoxy) is 1. The van der Waals surface area contributed by atoms with Crippen LogP contribution in [0.5, 0.6) is 5.75 Å². The zero-order valence-corrected chi connectivity index (χ0v) is 11.8. The molecule has 0 aliphatic heterocycles. The number of nitrogens with one attached hydrogen (secondary N) is 3. The first-order valence-electron chi connectivity index (χ1n) is 6.17. The van der Waals surface area contributed by atoms with Crippen LogP contribution in [0.1, 0.15) is 0 Å². The fourth-order valence-corrected chi connectivity index (χ4v) is 1.54. The largest absolute Gasteiger partial charge is 0.492 e. The van der Waals surface area contributed by atoms with E-state index in [0.717, 1.165) is 18.8 Å². The molecule has 0 fully saturated rings. The summed E-state index contributed by atoms with van der Waals surface area (Å²) in [5, 5.41) is 6.96. The van der Waals surface area contributed by atoms with E-state index in [2.05, 4.69) is 24.7 Å². The molecule has 0 heterocycles. The Balaban J connectivity index is 2.02. The molecule has 0 saturated heterocycles. The molecule has 0 amide bonds. The molecule has 5 heteroatoms. The van der Waals surface area contributed by atoms with Gasteiger partial charge < -0.3 is 20.3 Å². The maximum absolute atomic E-state index is 5.55. The fraction of sp³-hybridized carbons (Fsp3) is 0.462. The van der Waals surface area contributed by atoms with E-state index in [9.17, 15) is 0 Å². The third-order valence-corrected chi connectivity index (χ3v) is 2.60. The van der Waals surface area contributed by atoms with Gasteiger partial charge in [-0.2, -0.15) is 0 Å². The second-order valence-electron chi connectivity index (χ2n) is 4.30. The van der Waals surface area contributed by atoms with Gasteiger partial charge in [-0.15, -0.1) is 0 Å². The molecule has 100 valence electrons. The molecule has 0 atom stereocenters. The average molecular weight is 268 g/mol. The molecule has 0 unspecified atom stereocenters. The van der Waals surface area contributed by atoms with Crippen LogP contribution in [0.2, 0.25) is 0 Å². The maximum Gasteiger partial charge on any atom is 0.166 e. The minimum absolute atomic E-state index is 0.602. The van der Waals surface area contributed by atoms with Crippen molar-refractivity contribution < 1.29 is 9.64 Å². The van der Waals surface area contributed by atoms with Crippen molar-refractivity contribution >= 4 is 17.3 Å². The zero-order chi connectivity index (χ0) is 13.2. The van der Waals surface area contributed by atoms with E-state index in [-0.39, 0.29) is 0 Å². The molecule has 4 nitrogen and oxygen atoms in total. The Kier molecular flexibility index (Phi) is 7.13. The van der Waals surface area contributed by atoms with E-state index < -0.39 is 0 Å². The summed E-state index contributed by atoms with van der Waals surface area (Å²) in [6.45, 7) is 3.23. The highest BCUT2D eigenvalue weighted by atomic mass is 32.1. The number of benzene rings is 1. The van der Waals surface area contributed by atoms with Crippen molar-refractivity contribution in [3.8, 4) is 5.75 Å². The highest BCUT2D eigenvalue weighted by molar-refractivity contribution is 7.80. The fourth-order valence-electron chi connectivity index (χ4n) is 1.34. The van der Waals surface area contributed by atoms with E-state index >= 15 is 0 Å². The molecule has 0 bridgehead atoms. The topological polar surface area (TPSA) is 37.7 Å². The minimum atomic E-state index is 0.602. The molecule has 0 saturated carbocycles. The quantitative estimate of drug-likeness (QED) is 0.468. The summed E-state index contributed by atoms with van der Waals surface area (Å²) in [5.41, 5.74) is 0. The summed E-state index contributed by atoms with van der Waals surface area (Å²) < 4.78 is 5.55. The normalized spacial score (nSPS) is 10.2.